The van der Waals surface area contributed by atoms with Crippen molar-refractivity contribution in [3.05, 3.63) is 59.7 Å². The second-order valence-electron chi connectivity index (χ2n) is 7.79. The minimum absolute atomic E-state index is 0.138. The fourth-order valence-corrected chi connectivity index (χ4v) is 4.14. The quantitative estimate of drug-likeness (QED) is 0.670. The summed E-state index contributed by atoms with van der Waals surface area (Å²) >= 11 is 0. The molecule has 2 aliphatic rings. The van der Waals surface area contributed by atoms with Gasteiger partial charge in [0.05, 0.1) is 26.4 Å². The number of hydrogen-bond donors (Lipinski definition) is 1. The minimum Gasteiger partial charge on any atom is -0.497 e. The number of aryl methyl sites for hydroxylation is 1. The van der Waals surface area contributed by atoms with Crippen LogP contribution in [-0.2, 0) is 9.47 Å². The maximum absolute atomic E-state index is 12.6. The van der Waals surface area contributed by atoms with Gasteiger partial charge in [-0.1, -0.05) is 29.8 Å². The van der Waals surface area contributed by atoms with Crippen molar-refractivity contribution in [2.75, 3.05) is 20.3 Å². The third-order valence-corrected chi connectivity index (χ3v) is 5.79. The molecule has 4 atom stereocenters. The number of methoxy groups -OCH3 is 1. The third kappa shape index (κ3) is 3.66. The lowest BCUT2D eigenvalue weighted by Gasteiger charge is -2.18. The molecule has 9 nitrogen and oxygen atoms in total. The molecule has 31 heavy (non-hydrogen) atoms. The standard InChI is InChI=1S/C22H23N5O4/c1-13-6-8-14(9-7-13)22(28)23-17-11-30-20-18(12-31-19(17)20)27-21(24-25-26-27)15-4-3-5-16(10-15)29-2/h3-10,17-20H,11-12H2,1-2H3,(H,23,28). The molecule has 0 radical (unpaired) electrons. The van der Waals surface area contributed by atoms with E-state index in [1.54, 1.807) is 11.8 Å². The Hall–Kier alpha value is -3.30. The van der Waals surface area contributed by atoms with Crippen LogP contribution in [0.25, 0.3) is 11.4 Å². The summed E-state index contributed by atoms with van der Waals surface area (Å²) in [6.45, 7) is 2.76. The molecule has 160 valence electrons. The van der Waals surface area contributed by atoms with E-state index in [2.05, 4.69) is 20.8 Å². The number of aromatic nitrogens is 4. The van der Waals surface area contributed by atoms with E-state index >= 15 is 0 Å². The van der Waals surface area contributed by atoms with Crippen molar-refractivity contribution in [3.8, 4) is 17.1 Å². The normalized spacial score (nSPS) is 24.7. The highest BCUT2D eigenvalue weighted by molar-refractivity contribution is 5.94. The minimum atomic E-state index is -0.262. The van der Waals surface area contributed by atoms with E-state index in [1.165, 1.54) is 0 Å². The van der Waals surface area contributed by atoms with Crippen LogP contribution in [0.5, 0.6) is 5.75 Å². The molecule has 0 bridgehead atoms. The molecule has 2 saturated heterocycles. The van der Waals surface area contributed by atoms with Crippen molar-refractivity contribution in [1.82, 2.24) is 25.5 Å². The molecule has 1 amide bonds. The molecule has 1 N–H and O–H groups in total. The van der Waals surface area contributed by atoms with Crippen LogP contribution in [0.2, 0.25) is 0 Å². The largest absolute Gasteiger partial charge is 0.497 e. The van der Waals surface area contributed by atoms with Gasteiger partial charge in [-0.05, 0) is 41.6 Å². The van der Waals surface area contributed by atoms with Gasteiger partial charge in [0.25, 0.3) is 5.91 Å². The first kappa shape index (κ1) is 19.7. The number of benzene rings is 2. The van der Waals surface area contributed by atoms with E-state index < -0.39 is 0 Å². The summed E-state index contributed by atoms with van der Waals surface area (Å²) in [5.41, 5.74) is 2.57. The molecule has 2 fully saturated rings. The lowest BCUT2D eigenvalue weighted by molar-refractivity contribution is 0.0615. The summed E-state index contributed by atoms with van der Waals surface area (Å²) in [7, 11) is 1.62. The van der Waals surface area contributed by atoms with E-state index in [0.717, 1.165) is 16.9 Å². The van der Waals surface area contributed by atoms with Crippen molar-refractivity contribution in [2.24, 2.45) is 0 Å². The number of tetrazole rings is 1. The van der Waals surface area contributed by atoms with E-state index in [4.69, 9.17) is 14.2 Å². The van der Waals surface area contributed by atoms with Gasteiger partial charge < -0.3 is 19.5 Å². The SMILES string of the molecule is COc1cccc(-c2nnnn2C2COC3C(NC(=O)c4ccc(C)cc4)COC32)c1. The Morgan fingerprint density at radius 3 is 2.74 bits per heavy atom. The van der Waals surface area contributed by atoms with Gasteiger partial charge in [-0.2, -0.15) is 0 Å². The molecule has 3 aromatic rings. The Morgan fingerprint density at radius 2 is 1.94 bits per heavy atom. The van der Waals surface area contributed by atoms with Gasteiger partial charge in [-0.3, -0.25) is 4.79 Å². The zero-order valence-electron chi connectivity index (χ0n) is 17.3. The summed E-state index contributed by atoms with van der Waals surface area (Å²) in [4.78, 5) is 12.6. The lowest BCUT2D eigenvalue weighted by Crippen LogP contribution is -2.44. The summed E-state index contributed by atoms with van der Waals surface area (Å²) in [5, 5.41) is 15.3. The number of carbonyl (C=O) groups excluding carboxylic acids is 1. The molecule has 5 rings (SSSR count). The van der Waals surface area contributed by atoms with Crippen molar-refractivity contribution in [3.63, 3.8) is 0 Å². The molecule has 1 aromatic heterocycles. The van der Waals surface area contributed by atoms with E-state index in [0.29, 0.717) is 24.6 Å². The average Bonchev–Trinajstić information content (AvgIpc) is 3.51. The number of amides is 1. The topological polar surface area (TPSA) is 100 Å². The Morgan fingerprint density at radius 1 is 1.13 bits per heavy atom. The number of carbonyl (C=O) groups is 1. The van der Waals surface area contributed by atoms with Crippen molar-refractivity contribution >= 4 is 5.91 Å². The molecule has 0 aliphatic carbocycles. The fraction of sp³-hybridized carbons (Fsp3) is 0.364. The van der Waals surface area contributed by atoms with Gasteiger partial charge >= 0.3 is 0 Å². The summed E-state index contributed by atoms with van der Waals surface area (Å²) < 4.78 is 19.1. The van der Waals surface area contributed by atoms with Gasteiger partial charge in [0.15, 0.2) is 5.82 Å². The Bertz CT molecular complexity index is 1080. The van der Waals surface area contributed by atoms with Crippen molar-refractivity contribution in [1.29, 1.82) is 0 Å². The molecule has 4 unspecified atom stereocenters. The number of rotatable bonds is 5. The predicted molar refractivity (Wildman–Crippen MR) is 111 cm³/mol. The van der Waals surface area contributed by atoms with Crippen molar-refractivity contribution in [2.45, 2.75) is 31.2 Å². The molecule has 0 saturated carbocycles. The molecule has 0 spiro atoms. The third-order valence-electron chi connectivity index (χ3n) is 5.79. The van der Waals surface area contributed by atoms with E-state index in [1.807, 2.05) is 55.5 Å². The first-order valence-corrected chi connectivity index (χ1v) is 10.2. The summed E-state index contributed by atoms with van der Waals surface area (Å²) in [5.74, 6) is 1.20. The Kier molecular flexibility index (Phi) is 5.13. The van der Waals surface area contributed by atoms with E-state index in [-0.39, 0.29) is 30.2 Å². The molecular formula is C22H23N5O4. The second-order valence-corrected chi connectivity index (χ2v) is 7.79. The van der Waals surface area contributed by atoms with Crippen LogP contribution in [0.3, 0.4) is 0 Å². The summed E-state index contributed by atoms with van der Waals surface area (Å²) in [6.07, 6.45) is -0.516. The lowest BCUT2D eigenvalue weighted by atomic mass is 10.0. The summed E-state index contributed by atoms with van der Waals surface area (Å²) in [6, 6.07) is 14.6. The first-order valence-electron chi connectivity index (χ1n) is 10.2. The molecule has 3 heterocycles. The molecule has 9 heteroatoms. The fourth-order valence-electron chi connectivity index (χ4n) is 4.14. The number of nitrogens with one attached hydrogen (secondary N) is 1. The highest BCUT2D eigenvalue weighted by Crippen LogP contribution is 2.36. The van der Waals surface area contributed by atoms with Crippen molar-refractivity contribution < 1.29 is 19.0 Å². The molecular weight excluding hydrogens is 398 g/mol. The average molecular weight is 421 g/mol. The van der Waals surface area contributed by atoms with Crippen LogP contribution in [0, 0.1) is 6.92 Å². The number of ether oxygens (including phenoxy) is 3. The zero-order chi connectivity index (χ0) is 21.4. The molecule has 2 aromatic carbocycles. The van der Waals surface area contributed by atoms with Gasteiger partial charge in [0, 0.05) is 11.1 Å². The predicted octanol–water partition coefficient (Wildman–Crippen LogP) is 1.79. The Balaban J connectivity index is 1.32. The number of hydrogen-bond acceptors (Lipinski definition) is 7. The van der Waals surface area contributed by atoms with Crippen LogP contribution in [0.4, 0.5) is 0 Å². The Labute approximate surface area is 179 Å². The second kappa shape index (κ2) is 8.09. The smallest absolute Gasteiger partial charge is 0.251 e. The zero-order valence-corrected chi connectivity index (χ0v) is 17.3. The first-order chi connectivity index (χ1) is 15.1. The van der Waals surface area contributed by atoms with Crippen LogP contribution in [0.15, 0.2) is 48.5 Å². The van der Waals surface area contributed by atoms with Crippen LogP contribution in [-0.4, -0.2) is 64.7 Å². The highest BCUT2D eigenvalue weighted by Gasteiger charge is 2.50. The van der Waals surface area contributed by atoms with Crippen LogP contribution in [0.1, 0.15) is 22.0 Å². The maximum atomic E-state index is 12.6. The van der Waals surface area contributed by atoms with Gasteiger partial charge in [0.2, 0.25) is 0 Å². The maximum Gasteiger partial charge on any atom is 0.251 e. The highest BCUT2D eigenvalue weighted by atomic mass is 16.6. The number of nitrogens with zero attached hydrogens (tertiary/aromatic N) is 4. The molecule has 2 aliphatic heterocycles. The van der Waals surface area contributed by atoms with Gasteiger partial charge in [-0.25, -0.2) is 4.68 Å². The number of fused-ring (bicyclic) bond motifs is 1. The van der Waals surface area contributed by atoms with Gasteiger partial charge in [-0.15, -0.1) is 5.10 Å². The monoisotopic (exact) mass is 421 g/mol. The van der Waals surface area contributed by atoms with Crippen LogP contribution < -0.4 is 10.1 Å². The van der Waals surface area contributed by atoms with E-state index in [9.17, 15) is 4.79 Å². The van der Waals surface area contributed by atoms with Crippen LogP contribution >= 0.6 is 0 Å². The van der Waals surface area contributed by atoms with Gasteiger partial charge in [0.1, 0.15) is 24.0 Å².